The Balaban J connectivity index is 1.73. The SMILES string of the molecule is Cc1ccccc1-c1cc2ccccc2nc1CNC(=O)c1cnccn1. The third kappa shape index (κ3) is 3.53. The fraction of sp³-hybridized carbons (Fsp3) is 0.0909. The number of benzene rings is 2. The molecule has 132 valence electrons. The van der Waals surface area contributed by atoms with Crippen LogP contribution in [0.3, 0.4) is 0 Å². The molecule has 0 fully saturated rings. The molecular formula is C22H18N4O. The van der Waals surface area contributed by atoms with Crippen molar-refractivity contribution in [2.75, 3.05) is 0 Å². The largest absolute Gasteiger partial charge is 0.345 e. The number of nitrogens with zero attached hydrogens (tertiary/aromatic N) is 3. The first kappa shape index (κ1) is 16.8. The molecule has 0 aliphatic rings. The average molecular weight is 354 g/mol. The molecular weight excluding hydrogens is 336 g/mol. The number of rotatable bonds is 4. The molecule has 1 amide bonds. The number of carbonyl (C=O) groups is 1. The van der Waals surface area contributed by atoms with Crippen LogP contribution in [-0.2, 0) is 6.54 Å². The van der Waals surface area contributed by atoms with Crippen LogP contribution in [0.1, 0.15) is 21.7 Å². The monoisotopic (exact) mass is 354 g/mol. The number of pyridine rings is 1. The Hall–Kier alpha value is -3.60. The minimum atomic E-state index is -0.270. The molecule has 0 bridgehead atoms. The normalized spacial score (nSPS) is 10.7. The van der Waals surface area contributed by atoms with Crippen molar-refractivity contribution >= 4 is 16.8 Å². The van der Waals surface area contributed by atoms with E-state index in [9.17, 15) is 4.79 Å². The van der Waals surface area contributed by atoms with E-state index in [0.717, 1.165) is 33.3 Å². The summed E-state index contributed by atoms with van der Waals surface area (Å²) in [6.07, 6.45) is 4.49. The Morgan fingerprint density at radius 2 is 1.81 bits per heavy atom. The van der Waals surface area contributed by atoms with E-state index < -0.39 is 0 Å². The van der Waals surface area contributed by atoms with Gasteiger partial charge >= 0.3 is 0 Å². The van der Waals surface area contributed by atoms with Crippen LogP contribution in [0, 0.1) is 6.92 Å². The standard InChI is InChI=1S/C22H18N4O/c1-15-6-2-4-8-17(15)18-12-16-7-3-5-9-19(16)26-20(18)14-25-22(27)21-13-23-10-11-24-21/h2-13H,14H2,1H3,(H,25,27). The Morgan fingerprint density at radius 1 is 1.00 bits per heavy atom. The lowest BCUT2D eigenvalue weighted by Crippen LogP contribution is -2.24. The van der Waals surface area contributed by atoms with E-state index in [1.165, 1.54) is 18.6 Å². The van der Waals surface area contributed by atoms with Gasteiger partial charge in [0.15, 0.2) is 0 Å². The van der Waals surface area contributed by atoms with E-state index in [1.54, 1.807) is 0 Å². The zero-order chi connectivity index (χ0) is 18.6. The molecule has 4 aromatic rings. The highest BCUT2D eigenvalue weighted by Crippen LogP contribution is 2.29. The van der Waals surface area contributed by atoms with Gasteiger partial charge in [0.1, 0.15) is 5.69 Å². The van der Waals surface area contributed by atoms with Crippen LogP contribution >= 0.6 is 0 Å². The second-order valence-corrected chi connectivity index (χ2v) is 6.26. The smallest absolute Gasteiger partial charge is 0.271 e. The molecule has 0 atom stereocenters. The fourth-order valence-electron chi connectivity index (χ4n) is 3.07. The molecule has 0 aliphatic heterocycles. The molecule has 2 heterocycles. The number of hydrogen-bond donors (Lipinski definition) is 1. The van der Waals surface area contributed by atoms with Crippen molar-refractivity contribution in [2.24, 2.45) is 0 Å². The lowest BCUT2D eigenvalue weighted by Gasteiger charge is -2.14. The maximum Gasteiger partial charge on any atom is 0.271 e. The van der Waals surface area contributed by atoms with Crippen molar-refractivity contribution in [1.29, 1.82) is 0 Å². The first-order valence-electron chi connectivity index (χ1n) is 8.71. The van der Waals surface area contributed by atoms with Gasteiger partial charge in [-0.15, -0.1) is 0 Å². The summed E-state index contributed by atoms with van der Waals surface area (Å²) < 4.78 is 0. The van der Waals surface area contributed by atoms with Crippen LogP contribution in [0.25, 0.3) is 22.0 Å². The molecule has 4 rings (SSSR count). The van der Waals surface area contributed by atoms with Crippen molar-refractivity contribution in [3.63, 3.8) is 0 Å². The van der Waals surface area contributed by atoms with Crippen LogP contribution < -0.4 is 5.32 Å². The van der Waals surface area contributed by atoms with Gasteiger partial charge in [-0.1, -0.05) is 42.5 Å². The Labute approximate surface area is 157 Å². The summed E-state index contributed by atoms with van der Waals surface area (Å²) in [5, 5.41) is 3.97. The van der Waals surface area contributed by atoms with Gasteiger partial charge in [0.2, 0.25) is 0 Å². The summed E-state index contributed by atoms with van der Waals surface area (Å²) in [5.74, 6) is -0.270. The second-order valence-electron chi connectivity index (χ2n) is 6.26. The molecule has 1 N–H and O–H groups in total. The molecule has 2 aromatic heterocycles. The van der Waals surface area contributed by atoms with Crippen molar-refractivity contribution < 1.29 is 4.79 Å². The number of aromatic nitrogens is 3. The molecule has 2 aromatic carbocycles. The van der Waals surface area contributed by atoms with Gasteiger partial charge in [-0.3, -0.25) is 14.8 Å². The van der Waals surface area contributed by atoms with Crippen LogP contribution in [0.5, 0.6) is 0 Å². The van der Waals surface area contributed by atoms with Gasteiger partial charge in [0.25, 0.3) is 5.91 Å². The molecule has 27 heavy (non-hydrogen) atoms. The Morgan fingerprint density at radius 3 is 2.63 bits per heavy atom. The van der Waals surface area contributed by atoms with Crippen molar-refractivity contribution in [2.45, 2.75) is 13.5 Å². The molecule has 5 heteroatoms. The van der Waals surface area contributed by atoms with Crippen molar-refractivity contribution in [3.8, 4) is 11.1 Å². The number of carbonyl (C=O) groups excluding carboxylic acids is 1. The van der Waals surface area contributed by atoms with Crippen LogP contribution in [0.2, 0.25) is 0 Å². The zero-order valence-electron chi connectivity index (χ0n) is 14.9. The van der Waals surface area contributed by atoms with E-state index in [2.05, 4.69) is 40.4 Å². The van der Waals surface area contributed by atoms with E-state index in [0.29, 0.717) is 6.54 Å². The number of aryl methyl sites for hydroxylation is 1. The number of fused-ring (bicyclic) bond motifs is 1. The van der Waals surface area contributed by atoms with Gasteiger partial charge in [0.05, 0.1) is 24.0 Å². The van der Waals surface area contributed by atoms with E-state index >= 15 is 0 Å². The first-order valence-corrected chi connectivity index (χ1v) is 8.71. The van der Waals surface area contributed by atoms with Gasteiger partial charge < -0.3 is 5.32 Å². The maximum atomic E-state index is 12.4. The van der Waals surface area contributed by atoms with E-state index in [4.69, 9.17) is 4.98 Å². The van der Waals surface area contributed by atoms with Crippen LogP contribution in [-0.4, -0.2) is 20.9 Å². The predicted molar refractivity (Wildman–Crippen MR) is 105 cm³/mol. The molecule has 0 aliphatic carbocycles. The average Bonchev–Trinajstić information content (AvgIpc) is 2.72. The first-order chi connectivity index (χ1) is 13.2. The van der Waals surface area contributed by atoms with Gasteiger partial charge in [-0.2, -0.15) is 0 Å². The van der Waals surface area contributed by atoms with Crippen LogP contribution in [0.4, 0.5) is 0 Å². The zero-order valence-corrected chi connectivity index (χ0v) is 14.9. The fourth-order valence-corrected chi connectivity index (χ4v) is 3.07. The summed E-state index contributed by atoms with van der Waals surface area (Å²) in [6.45, 7) is 2.39. The molecule has 0 saturated heterocycles. The summed E-state index contributed by atoms with van der Waals surface area (Å²) in [7, 11) is 0. The number of amides is 1. The minimum absolute atomic E-state index is 0.270. The van der Waals surface area contributed by atoms with Crippen molar-refractivity contribution in [1.82, 2.24) is 20.3 Å². The van der Waals surface area contributed by atoms with Crippen molar-refractivity contribution in [3.05, 3.63) is 90.1 Å². The lowest BCUT2D eigenvalue weighted by molar-refractivity contribution is 0.0945. The Kier molecular flexibility index (Phi) is 4.58. The molecule has 0 spiro atoms. The number of hydrogen-bond acceptors (Lipinski definition) is 4. The van der Waals surface area contributed by atoms with Gasteiger partial charge in [0, 0.05) is 23.3 Å². The second kappa shape index (κ2) is 7.33. The molecule has 0 radical (unpaired) electrons. The number of para-hydroxylation sites is 1. The highest BCUT2D eigenvalue weighted by Gasteiger charge is 2.13. The highest BCUT2D eigenvalue weighted by atomic mass is 16.1. The quantitative estimate of drug-likeness (QED) is 0.603. The topological polar surface area (TPSA) is 67.8 Å². The van der Waals surface area contributed by atoms with Crippen LogP contribution in [0.15, 0.2) is 73.2 Å². The lowest BCUT2D eigenvalue weighted by atomic mass is 9.97. The van der Waals surface area contributed by atoms with E-state index in [1.807, 2.05) is 36.4 Å². The maximum absolute atomic E-state index is 12.4. The number of nitrogens with one attached hydrogen (secondary N) is 1. The summed E-state index contributed by atoms with van der Waals surface area (Å²) in [5.41, 5.74) is 5.30. The minimum Gasteiger partial charge on any atom is -0.345 e. The molecule has 5 nitrogen and oxygen atoms in total. The Bertz CT molecular complexity index is 1110. The third-order valence-electron chi connectivity index (χ3n) is 4.45. The van der Waals surface area contributed by atoms with Gasteiger partial charge in [-0.05, 0) is 30.2 Å². The van der Waals surface area contributed by atoms with Gasteiger partial charge in [-0.25, -0.2) is 4.98 Å². The highest BCUT2D eigenvalue weighted by molar-refractivity contribution is 5.92. The molecule has 0 saturated carbocycles. The summed E-state index contributed by atoms with van der Waals surface area (Å²) >= 11 is 0. The third-order valence-corrected chi connectivity index (χ3v) is 4.45. The van der Waals surface area contributed by atoms with E-state index in [-0.39, 0.29) is 11.6 Å². The molecule has 0 unspecified atom stereocenters. The summed E-state index contributed by atoms with van der Waals surface area (Å²) in [6, 6.07) is 18.3. The predicted octanol–water partition coefficient (Wildman–Crippen LogP) is 3.93. The summed E-state index contributed by atoms with van der Waals surface area (Å²) in [4.78, 5) is 25.1.